The first-order valence-corrected chi connectivity index (χ1v) is 8.15. The number of nitrogens with one attached hydrogen (secondary N) is 1. The molecule has 1 amide bonds. The first kappa shape index (κ1) is 21.5. The zero-order chi connectivity index (χ0) is 16.6. The van der Waals surface area contributed by atoms with Crippen LogP contribution in [0.4, 0.5) is 0 Å². The van der Waals surface area contributed by atoms with Gasteiger partial charge >= 0.3 is 0 Å². The third kappa shape index (κ3) is 4.00. The lowest BCUT2D eigenvalue weighted by atomic mass is 10.1. The minimum atomic E-state index is 0. The predicted octanol–water partition coefficient (Wildman–Crippen LogP) is 3.16. The van der Waals surface area contributed by atoms with Crippen molar-refractivity contribution in [2.75, 3.05) is 13.1 Å². The Kier molecular flexibility index (Phi) is 7.47. The minimum absolute atomic E-state index is 0. The van der Waals surface area contributed by atoms with Crippen LogP contribution in [-0.2, 0) is 0 Å². The van der Waals surface area contributed by atoms with E-state index >= 15 is 0 Å². The largest absolute Gasteiger partial charge is 0.333 e. The molecule has 3 heterocycles. The van der Waals surface area contributed by atoms with Crippen molar-refractivity contribution in [2.24, 2.45) is 0 Å². The average Bonchev–Trinajstić information content (AvgIpc) is 2.85. The molecule has 2 unspecified atom stereocenters. The Hall–Kier alpha value is -1.56. The van der Waals surface area contributed by atoms with Gasteiger partial charge < -0.3 is 14.8 Å². The average molecular weight is 385 g/mol. The van der Waals surface area contributed by atoms with Crippen LogP contribution in [0.1, 0.15) is 35.6 Å². The van der Waals surface area contributed by atoms with Gasteiger partial charge in [-0.2, -0.15) is 0 Å². The van der Waals surface area contributed by atoms with Crippen LogP contribution >= 0.6 is 24.8 Å². The smallest absolute Gasteiger partial charge is 0.256 e. The van der Waals surface area contributed by atoms with E-state index in [1.807, 2.05) is 47.6 Å². The van der Waals surface area contributed by atoms with Crippen LogP contribution in [0, 0.1) is 13.8 Å². The third-order valence-electron chi connectivity index (χ3n) is 4.84. The molecular weight excluding hydrogens is 359 g/mol. The maximum Gasteiger partial charge on any atom is 0.256 e. The van der Waals surface area contributed by atoms with E-state index in [2.05, 4.69) is 24.1 Å². The van der Waals surface area contributed by atoms with Gasteiger partial charge in [0.1, 0.15) is 5.82 Å². The monoisotopic (exact) mass is 384 g/mol. The highest BCUT2D eigenvalue weighted by Crippen LogP contribution is 2.22. The Morgan fingerprint density at radius 1 is 1.24 bits per heavy atom. The van der Waals surface area contributed by atoms with Gasteiger partial charge in [0.25, 0.3) is 5.91 Å². The van der Waals surface area contributed by atoms with Crippen molar-refractivity contribution in [3.63, 3.8) is 0 Å². The topological polar surface area (TPSA) is 50.2 Å². The Balaban J connectivity index is 0.00000156. The van der Waals surface area contributed by atoms with E-state index in [0.717, 1.165) is 35.9 Å². The summed E-state index contributed by atoms with van der Waals surface area (Å²) >= 11 is 0. The third-order valence-corrected chi connectivity index (χ3v) is 4.84. The van der Waals surface area contributed by atoms with Crippen LogP contribution in [0.2, 0.25) is 0 Å². The molecule has 5 nitrogen and oxygen atoms in total. The number of amides is 1. The molecule has 0 aromatic carbocycles. The summed E-state index contributed by atoms with van der Waals surface area (Å²) in [4.78, 5) is 19.4. The quantitative estimate of drug-likeness (QED) is 0.864. The van der Waals surface area contributed by atoms with E-state index in [1.54, 1.807) is 6.20 Å². The molecule has 1 saturated heterocycles. The molecule has 0 bridgehead atoms. The molecule has 0 aliphatic carbocycles. The highest BCUT2D eigenvalue weighted by Gasteiger charge is 2.30. The second-order valence-electron chi connectivity index (χ2n) is 6.29. The summed E-state index contributed by atoms with van der Waals surface area (Å²) in [5, 5.41) is 3.42. The van der Waals surface area contributed by atoms with Crippen molar-refractivity contribution in [2.45, 2.75) is 39.8 Å². The van der Waals surface area contributed by atoms with Crippen LogP contribution < -0.4 is 5.32 Å². The minimum Gasteiger partial charge on any atom is -0.333 e. The fourth-order valence-corrected chi connectivity index (χ4v) is 3.32. The van der Waals surface area contributed by atoms with Gasteiger partial charge in [0, 0.05) is 42.8 Å². The molecule has 7 heteroatoms. The van der Waals surface area contributed by atoms with Crippen LogP contribution in [0.15, 0.2) is 30.5 Å². The molecule has 3 rings (SSSR count). The van der Waals surface area contributed by atoms with Crippen molar-refractivity contribution in [1.29, 1.82) is 0 Å². The summed E-state index contributed by atoms with van der Waals surface area (Å²) in [6.45, 7) is 9.83. The van der Waals surface area contributed by atoms with Crippen molar-refractivity contribution in [3.05, 3.63) is 47.4 Å². The number of piperazine rings is 1. The number of aryl methyl sites for hydroxylation is 1. The van der Waals surface area contributed by atoms with Crippen LogP contribution in [0.3, 0.4) is 0 Å². The molecule has 2 aromatic rings. The molecule has 25 heavy (non-hydrogen) atoms. The van der Waals surface area contributed by atoms with Gasteiger partial charge in [0.05, 0.1) is 5.56 Å². The second-order valence-corrected chi connectivity index (χ2v) is 6.29. The van der Waals surface area contributed by atoms with Gasteiger partial charge in [0.2, 0.25) is 0 Å². The summed E-state index contributed by atoms with van der Waals surface area (Å²) in [7, 11) is 0. The lowest BCUT2D eigenvalue weighted by Gasteiger charge is -2.38. The molecule has 1 aliphatic heterocycles. The van der Waals surface area contributed by atoms with Gasteiger partial charge in [-0.15, -0.1) is 24.8 Å². The zero-order valence-corrected chi connectivity index (χ0v) is 16.7. The second kappa shape index (κ2) is 8.70. The summed E-state index contributed by atoms with van der Waals surface area (Å²) in [5.41, 5.74) is 2.75. The number of pyridine rings is 1. The lowest BCUT2D eigenvalue weighted by molar-refractivity contribution is 0.0602. The highest BCUT2D eigenvalue weighted by molar-refractivity contribution is 5.96. The normalized spacial score (nSPS) is 19.8. The van der Waals surface area contributed by atoms with E-state index < -0.39 is 0 Å². The molecule has 0 spiro atoms. The van der Waals surface area contributed by atoms with Crippen LogP contribution in [-0.4, -0.2) is 45.5 Å². The lowest BCUT2D eigenvalue weighted by Crippen LogP contribution is -2.57. The van der Waals surface area contributed by atoms with E-state index in [-0.39, 0.29) is 36.8 Å². The van der Waals surface area contributed by atoms with Crippen LogP contribution in [0.25, 0.3) is 5.82 Å². The molecule has 1 N–H and O–H groups in total. The Labute approximate surface area is 161 Å². The van der Waals surface area contributed by atoms with Gasteiger partial charge in [0.15, 0.2) is 0 Å². The van der Waals surface area contributed by atoms with Crippen molar-refractivity contribution >= 4 is 30.7 Å². The standard InChI is InChI=1S/C18H24N4O.2ClH/c1-12-11-16(15(4)22(12)17-7-5-6-8-20-17)18(23)21-10-9-19-13(2)14(21)3;;/h5-8,11,13-14,19H,9-10H2,1-4H3;2*1H. The number of rotatable bonds is 2. The SMILES string of the molecule is Cc1cc(C(=O)N2CCNC(C)C2C)c(C)n1-c1ccccn1.Cl.Cl. The van der Waals surface area contributed by atoms with Gasteiger partial charge in [-0.3, -0.25) is 4.79 Å². The summed E-state index contributed by atoms with van der Waals surface area (Å²) in [5.74, 6) is 0.962. The van der Waals surface area contributed by atoms with Gasteiger partial charge in [-0.05, 0) is 45.9 Å². The van der Waals surface area contributed by atoms with E-state index in [4.69, 9.17) is 0 Å². The molecule has 138 valence electrons. The number of aromatic nitrogens is 2. The molecule has 1 aliphatic rings. The number of nitrogens with zero attached hydrogens (tertiary/aromatic N) is 3. The van der Waals surface area contributed by atoms with Crippen LogP contribution in [0.5, 0.6) is 0 Å². The predicted molar refractivity (Wildman–Crippen MR) is 105 cm³/mol. The Bertz CT molecular complexity index is 717. The number of halogens is 2. The maximum atomic E-state index is 13.0. The summed E-state index contributed by atoms with van der Waals surface area (Å²) < 4.78 is 2.05. The number of carbonyl (C=O) groups is 1. The van der Waals surface area contributed by atoms with E-state index in [1.165, 1.54) is 0 Å². The molecular formula is C18H26Cl2N4O. The molecule has 1 fully saturated rings. The molecule has 2 atom stereocenters. The van der Waals surface area contributed by atoms with E-state index in [0.29, 0.717) is 6.04 Å². The maximum absolute atomic E-state index is 13.0. The first-order chi connectivity index (χ1) is 11.0. The summed E-state index contributed by atoms with van der Waals surface area (Å²) in [6, 6.07) is 8.30. The van der Waals surface area contributed by atoms with Crippen molar-refractivity contribution in [3.8, 4) is 5.82 Å². The fourth-order valence-electron chi connectivity index (χ4n) is 3.32. The molecule has 0 saturated carbocycles. The van der Waals surface area contributed by atoms with Gasteiger partial charge in [-0.1, -0.05) is 6.07 Å². The first-order valence-electron chi connectivity index (χ1n) is 8.15. The number of hydrogen-bond donors (Lipinski definition) is 1. The van der Waals surface area contributed by atoms with E-state index in [9.17, 15) is 4.79 Å². The van der Waals surface area contributed by atoms with Gasteiger partial charge in [-0.25, -0.2) is 4.98 Å². The van der Waals surface area contributed by atoms with Crippen molar-refractivity contribution in [1.82, 2.24) is 19.8 Å². The number of hydrogen-bond acceptors (Lipinski definition) is 3. The Morgan fingerprint density at radius 2 is 1.96 bits per heavy atom. The summed E-state index contributed by atoms with van der Waals surface area (Å²) in [6.07, 6.45) is 1.77. The molecule has 0 radical (unpaired) electrons. The highest BCUT2D eigenvalue weighted by atomic mass is 35.5. The fraction of sp³-hybridized carbons (Fsp3) is 0.444. The number of carbonyl (C=O) groups excluding carboxylic acids is 1. The Morgan fingerprint density at radius 3 is 2.60 bits per heavy atom. The van der Waals surface area contributed by atoms with Crippen molar-refractivity contribution < 1.29 is 4.79 Å². The molecule has 2 aromatic heterocycles. The zero-order valence-electron chi connectivity index (χ0n) is 15.0.